The Labute approximate surface area is 167 Å². The smallest absolute Gasteiger partial charge is 0.208 e. The van der Waals surface area contributed by atoms with E-state index < -0.39 is 5.60 Å². The maximum atomic E-state index is 10.6. The first-order valence-electron chi connectivity index (χ1n) is 8.87. The highest BCUT2D eigenvalue weighted by Crippen LogP contribution is 2.29. The molecule has 0 atom stereocenters. The van der Waals surface area contributed by atoms with Crippen LogP contribution < -0.4 is 0 Å². The number of nitrogens with zero attached hydrogens (tertiary/aromatic N) is 4. The quantitative estimate of drug-likeness (QED) is 0.486. The van der Waals surface area contributed by atoms with Gasteiger partial charge in [0.2, 0.25) is 5.82 Å². The Balaban J connectivity index is 1.77. The Hall–Kier alpha value is -2.13. The van der Waals surface area contributed by atoms with Crippen molar-refractivity contribution in [1.82, 2.24) is 19.5 Å². The van der Waals surface area contributed by atoms with Crippen LogP contribution in [0.25, 0.3) is 22.6 Å². The molecular weight excluding hydrogens is 383 g/mol. The first-order valence-corrected chi connectivity index (χ1v) is 9.62. The molecule has 0 saturated heterocycles. The van der Waals surface area contributed by atoms with Crippen molar-refractivity contribution in [3.05, 3.63) is 40.3 Å². The molecule has 1 N–H and O–H groups in total. The zero-order valence-electron chi connectivity index (χ0n) is 14.8. The molecule has 27 heavy (non-hydrogen) atoms. The number of imidazole rings is 1. The highest BCUT2D eigenvalue weighted by molar-refractivity contribution is 6.33. The van der Waals surface area contributed by atoms with E-state index in [9.17, 15) is 5.11 Å². The summed E-state index contributed by atoms with van der Waals surface area (Å²) in [7, 11) is 1.86. The topological polar surface area (TPSA) is 63.8 Å². The van der Waals surface area contributed by atoms with E-state index in [1.807, 2.05) is 35.9 Å². The monoisotopic (exact) mass is 400 g/mol. The maximum Gasteiger partial charge on any atom is 0.208 e. The number of aryl methyl sites for hydroxylation is 1. The fourth-order valence-corrected chi connectivity index (χ4v) is 3.80. The summed E-state index contributed by atoms with van der Waals surface area (Å²) in [5.74, 6) is 6.83. The van der Waals surface area contributed by atoms with Gasteiger partial charge in [0.15, 0.2) is 10.8 Å². The predicted octanol–water partition coefficient (Wildman–Crippen LogP) is 4.38. The van der Waals surface area contributed by atoms with Gasteiger partial charge in [-0.2, -0.15) is 0 Å². The average molecular weight is 401 g/mol. The van der Waals surface area contributed by atoms with Gasteiger partial charge in [0.05, 0.1) is 0 Å². The molecular formula is C20H18Cl2N4O. The van der Waals surface area contributed by atoms with Crippen LogP contribution in [0.3, 0.4) is 0 Å². The van der Waals surface area contributed by atoms with E-state index in [1.165, 1.54) is 0 Å². The Morgan fingerprint density at radius 3 is 2.63 bits per heavy atom. The molecule has 0 bridgehead atoms. The molecule has 138 valence electrons. The number of hydrogen-bond donors (Lipinski definition) is 1. The third kappa shape index (κ3) is 3.66. The Morgan fingerprint density at radius 1 is 1.11 bits per heavy atom. The van der Waals surface area contributed by atoms with Crippen LogP contribution in [0.2, 0.25) is 10.2 Å². The molecule has 3 aromatic rings. The van der Waals surface area contributed by atoms with Crippen LogP contribution in [0, 0.1) is 11.8 Å². The Morgan fingerprint density at radius 2 is 1.89 bits per heavy atom. The van der Waals surface area contributed by atoms with E-state index in [0.717, 1.165) is 24.8 Å². The first-order chi connectivity index (χ1) is 13.0. The minimum atomic E-state index is -0.957. The number of aromatic nitrogens is 4. The minimum Gasteiger partial charge on any atom is -0.378 e. The lowest BCUT2D eigenvalue weighted by Gasteiger charge is -2.26. The Bertz CT molecular complexity index is 1070. The third-order valence-corrected chi connectivity index (χ3v) is 5.35. The molecule has 1 aliphatic carbocycles. The molecule has 0 radical (unpaired) electrons. The molecule has 1 aromatic carbocycles. The molecule has 4 rings (SSSR count). The first kappa shape index (κ1) is 18.2. The molecule has 0 aliphatic heterocycles. The Kier molecular flexibility index (Phi) is 4.81. The highest BCUT2D eigenvalue weighted by Gasteiger charge is 2.26. The van der Waals surface area contributed by atoms with Gasteiger partial charge in [-0.1, -0.05) is 47.7 Å². The number of halogens is 2. The van der Waals surface area contributed by atoms with Crippen molar-refractivity contribution < 1.29 is 5.11 Å². The summed E-state index contributed by atoms with van der Waals surface area (Å²) in [5, 5.41) is 11.4. The maximum absolute atomic E-state index is 10.6. The normalized spacial score (nSPS) is 16.1. The molecule has 1 aliphatic rings. The van der Waals surface area contributed by atoms with E-state index in [0.29, 0.717) is 34.9 Å². The van der Waals surface area contributed by atoms with Crippen LogP contribution in [-0.2, 0) is 7.05 Å². The van der Waals surface area contributed by atoms with Crippen LogP contribution in [-0.4, -0.2) is 30.2 Å². The van der Waals surface area contributed by atoms with Crippen molar-refractivity contribution in [2.75, 3.05) is 0 Å². The number of aliphatic hydroxyl groups is 1. The van der Waals surface area contributed by atoms with E-state index in [4.69, 9.17) is 23.2 Å². The largest absolute Gasteiger partial charge is 0.378 e. The molecule has 7 heteroatoms. The van der Waals surface area contributed by atoms with Gasteiger partial charge in [-0.3, -0.25) is 0 Å². The van der Waals surface area contributed by atoms with Gasteiger partial charge in [-0.25, -0.2) is 15.0 Å². The summed E-state index contributed by atoms with van der Waals surface area (Å²) in [6.45, 7) is 0. The second-order valence-electron chi connectivity index (χ2n) is 6.86. The van der Waals surface area contributed by atoms with E-state index >= 15 is 0 Å². The van der Waals surface area contributed by atoms with Crippen LogP contribution in [0.4, 0.5) is 0 Å². The summed E-state index contributed by atoms with van der Waals surface area (Å²) in [5.41, 5.74) is 1.01. The standard InChI is InChI=1S/C20H18Cl2N4O/c1-26-18(13-6-5-7-14(21)12-13)25-16-17(22)23-15(24-19(16)26)8-11-20(27)9-3-2-4-10-20/h5-7,12,27H,2-4,9-10H2,1H3. The number of benzene rings is 1. The molecule has 1 fully saturated rings. The fraction of sp³-hybridized carbons (Fsp3) is 0.350. The SMILES string of the molecule is Cn1c(-c2cccc(Cl)c2)nc2c(Cl)nc(C#CC3(O)CCCCC3)nc21. The number of hydrogen-bond acceptors (Lipinski definition) is 4. The second-order valence-corrected chi connectivity index (χ2v) is 7.65. The summed E-state index contributed by atoms with van der Waals surface area (Å²) >= 11 is 12.4. The van der Waals surface area contributed by atoms with E-state index in [-0.39, 0.29) is 11.0 Å². The van der Waals surface area contributed by atoms with Crippen molar-refractivity contribution in [3.63, 3.8) is 0 Å². The molecule has 5 nitrogen and oxygen atoms in total. The summed E-state index contributed by atoms with van der Waals surface area (Å²) in [4.78, 5) is 13.3. The second kappa shape index (κ2) is 7.12. The molecule has 2 aromatic heterocycles. The van der Waals surface area contributed by atoms with Crippen LogP contribution in [0.15, 0.2) is 24.3 Å². The van der Waals surface area contributed by atoms with Gasteiger partial charge in [0.1, 0.15) is 16.9 Å². The van der Waals surface area contributed by atoms with Crippen molar-refractivity contribution in [2.45, 2.75) is 37.7 Å². The van der Waals surface area contributed by atoms with Crippen molar-refractivity contribution in [1.29, 1.82) is 0 Å². The van der Waals surface area contributed by atoms with Gasteiger partial charge in [0.25, 0.3) is 0 Å². The molecule has 1 saturated carbocycles. The lowest BCUT2D eigenvalue weighted by atomic mass is 9.85. The molecule has 0 spiro atoms. The summed E-state index contributed by atoms with van der Waals surface area (Å²) < 4.78 is 1.84. The summed E-state index contributed by atoms with van der Waals surface area (Å²) in [6.07, 6.45) is 4.47. The molecule has 2 heterocycles. The van der Waals surface area contributed by atoms with Crippen molar-refractivity contribution in [2.24, 2.45) is 7.05 Å². The predicted molar refractivity (Wildman–Crippen MR) is 107 cm³/mol. The van der Waals surface area contributed by atoms with Crippen molar-refractivity contribution >= 4 is 34.4 Å². The number of rotatable bonds is 1. The lowest BCUT2D eigenvalue weighted by molar-refractivity contribution is 0.0610. The fourth-order valence-electron chi connectivity index (χ4n) is 3.40. The molecule has 0 amide bonds. The zero-order chi connectivity index (χ0) is 19.0. The average Bonchev–Trinajstić information content (AvgIpc) is 2.98. The van der Waals surface area contributed by atoms with Gasteiger partial charge in [0, 0.05) is 17.6 Å². The minimum absolute atomic E-state index is 0.240. The van der Waals surface area contributed by atoms with Gasteiger partial charge < -0.3 is 9.67 Å². The molecule has 0 unspecified atom stereocenters. The van der Waals surface area contributed by atoms with Crippen molar-refractivity contribution in [3.8, 4) is 23.2 Å². The van der Waals surface area contributed by atoms with Crippen LogP contribution in [0.5, 0.6) is 0 Å². The number of fused-ring (bicyclic) bond motifs is 1. The van der Waals surface area contributed by atoms with E-state index in [1.54, 1.807) is 0 Å². The lowest BCUT2D eigenvalue weighted by Crippen LogP contribution is -2.29. The summed E-state index contributed by atoms with van der Waals surface area (Å²) in [6, 6.07) is 7.44. The van der Waals surface area contributed by atoms with E-state index in [2.05, 4.69) is 26.8 Å². The van der Waals surface area contributed by atoms with Gasteiger partial charge >= 0.3 is 0 Å². The third-order valence-electron chi connectivity index (χ3n) is 4.85. The van der Waals surface area contributed by atoms with Gasteiger partial charge in [-0.05, 0) is 43.7 Å². The zero-order valence-corrected chi connectivity index (χ0v) is 16.3. The van der Waals surface area contributed by atoms with Crippen LogP contribution >= 0.6 is 23.2 Å². The highest BCUT2D eigenvalue weighted by atomic mass is 35.5. The van der Waals surface area contributed by atoms with Gasteiger partial charge in [-0.15, -0.1) is 0 Å². The van der Waals surface area contributed by atoms with Crippen LogP contribution in [0.1, 0.15) is 37.9 Å².